The number of carbonyl (C=O) groups excluding carboxylic acids is 1. The van der Waals surface area contributed by atoms with Crippen molar-refractivity contribution in [2.24, 2.45) is 0 Å². The third-order valence-corrected chi connectivity index (χ3v) is 2.79. The van der Waals surface area contributed by atoms with E-state index in [-0.39, 0.29) is 0 Å². The van der Waals surface area contributed by atoms with Gasteiger partial charge in [0.1, 0.15) is 6.29 Å². The maximum absolute atomic E-state index is 11.2. The first kappa shape index (κ1) is 9.34. The van der Waals surface area contributed by atoms with Crippen LogP contribution in [0.1, 0.15) is 18.5 Å². The monoisotopic (exact) mass is 191 g/mol. The fourth-order valence-electron chi connectivity index (χ4n) is 1.83. The van der Waals surface area contributed by atoms with E-state index < -0.39 is 5.41 Å². The smallest absolute Gasteiger partial charge is 0.132 e. The molecule has 3 nitrogen and oxygen atoms in total. The van der Waals surface area contributed by atoms with Gasteiger partial charge in [0.15, 0.2) is 0 Å². The summed E-state index contributed by atoms with van der Waals surface area (Å²) >= 11 is 0. The van der Waals surface area contributed by atoms with Gasteiger partial charge in [-0.3, -0.25) is 4.98 Å². The maximum atomic E-state index is 11.2. The number of hydrogen-bond donors (Lipinski definition) is 0. The highest BCUT2D eigenvalue weighted by Crippen LogP contribution is 2.30. The number of aldehydes is 1. The van der Waals surface area contributed by atoms with Crippen LogP contribution in [0.5, 0.6) is 0 Å². The Morgan fingerprint density at radius 3 is 2.71 bits per heavy atom. The summed E-state index contributed by atoms with van der Waals surface area (Å²) in [6, 6.07) is 5.70. The molecule has 0 spiro atoms. The van der Waals surface area contributed by atoms with Crippen molar-refractivity contribution in [1.82, 2.24) is 4.98 Å². The van der Waals surface area contributed by atoms with Gasteiger partial charge in [-0.1, -0.05) is 6.07 Å². The molecule has 1 aliphatic rings. The molecule has 0 aliphatic carbocycles. The average Bonchev–Trinajstić information content (AvgIpc) is 2.31. The molecule has 1 fully saturated rings. The molecule has 0 unspecified atom stereocenters. The molecule has 0 amide bonds. The molecule has 0 radical (unpaired) electrons. The first-order chi connectivity index (χ1) is 6.87. The predicted octanol–water partition coefficient (Wildman–Crippen LogP) is 1.33. The second-order valence-electron chi connectivity index (χ2n) is 3.60. The van der Waals surface area contributed by atoms with Gasteiger partial charge >= 0.3 is 0 Å². The number of carbonyl (C=O) groups is 1. The summed E-state index contributed by atoms with van der Waals surface area (Å²) in [4.78, 5) is 15.4. The summed E-state index contributed by atoms with van der Waals surface area (Å²) in [5.74, 6) is 0. The van der Waals surface area contributed by atoms with Crippen molar-refractivity contribution in [3.05, 3.63) is 30.1 Å². The molecule has 0 aromatic carbocycles. The van der Waals surface area contributed by atoms with E-state index in [1.54, 1.807) is 6.20 Å². The van der Waals surface area contributed by atoms with E-state index in [4.69, 9.17) is 4.74 Å². The van der Waals surface area contributed by atoms with Crippen LogP contribution in [0, 0.1) is 0 Å². The molecule has 2 heterocycles. The highest BCUT2D eigenvalue weighted by atomic mass is 16.5. The van der Waals surface area contributed by atoms with Crippen LogP contribution in [0.4, 0.5) is 0 Å². The fraction of sp³-hybridized carbons (Fsp3) is 0.455. The molecule has 1 aromatic heterocycles. The van der Waals surface area contributed by atoms with Crippen molar-refractivity contribution >= 4 is 6.29 Å². The average molecular weight is 191 g/mol. The summed E-state index contributed by atoms with van der Waals surface area (Å²) in [7, 11) is 0. The van der Waals surface area contributed by atoms with E-state index in [0.717, 1.165) is 24.8 Å². The lowest BCUT2D eigenvalue weighted by Gasteiger charge is -2.31. The van der Waals surface area contributed by atoms with Crippen molar-refractivity contribution in [2.75, 3.05) is 13.2 Å². The second kappa shape index (κ2) is 3.88. The molecule has 0 bridgehead atoms. The summed E-state index contributed by atoms with van der Waals surface area (Å²) < 4.78 is 5.26. The van der Waals surface area contributed by atoms with Crippen LogP contribution in [0.15, 0.2) is 24.4 Å². The van der Waals surface area contributed by atoms with Crippen LogP contribution in [-0.2, 0) is 14.9 Å². The minimum atomic E-state index is -0.403. The Morgan fingerprint density at radius 2 is 2.14 bits per heavy atom. The minimum Gasteiger partial charge on any atom is -0.381 e. The van der Waals surface area contributed by atoms with Gasteiger partial charge < -0.3 is 9.53 Å². The van der Waals surface area contributed by atoms with Gasteiger partial charge in [0.05, 0.1) is 11.1 Å². The summed E-state index contributed by atoms with van der Waals surface area (Å²) in [5.41, 5.74) is 0.470. The Hall–Kier alpha value is -1.22. The molecule has 3 heteroatoms. The zero-order valence-electron chi connectivity index (χ0n) is 7.98. The minimum absolute atomic E-state index is 0.403. The lowest BCUT2D eigenvalue weighted by atomic mass is 9.78. The van der Waals surface area contributed by atoms with Crippen LogP contribution in [-0.4, -0.2) is 24.5 Å². The lowest BCUT2D eigenvalue weighted by Crippen LogP contribution is -2.36. The van der Waals surface area contributed by atoms with Gasteiger partial charge in [-0.25, -0.2) is 0 Å². The number of aromatic nitrogens is 1. The Kier molecular flexibility index (Phi) is 2.59. The molecular formula is C11H13NO2. The van der Waals surface area contributed by atoms with E-state index in [1.807, 2.05) is 18.2 Å². The van der Waals surface area contributed by atoms with Crippen molar-refractivity contribution in [2.45, 2.75) is 18.3 Å². The normalized spacial score (nSPS) is 20.3. The topological polar surface area (TPSA) is 39.2 Å². The molecule has 1 aliphatic heterocycles. The van der Waals surface area contributed by atoms with E-state index in [1.165, 1.54) is 0 Å². The summed E-state index contributed by atoms with van der Waals surface area (Å²) in [6.07, 6.45) is 4.24. The van der Waals surface area contributed by atoms with Crippen LogP contribution in [0.25, 0.3) is 0 Å². The Morgan fingerprint density at radius 1 is 1.36 bits per heavy atom. The predicted molar refractivity (Wildman–Crippen MR) is 52.0 cm³/mol. The molecule has 2 rings (SSSR count). The van der Waals surface area contributed by atoms with Crippen LogP contribution < -0.4 is 0 Å². The zero-order chi connectivity index (χ0) is 9.86. The summed E-state index contributed by atoms with van der Waals surface area (Å²) in [6.45, 7) is 1.30. The number of hydrogen-bond acceptors (Lipinski definition) is 3. The Bertz CT molecular complexity index is 304. The zero-order valence-corrected chi connectivity index (χ0v) is 7.98. The second-order valence-corrected chi connectivity index (χ2v) is 3.60. The van der Waals surface area contributed by atoms with Crippen molar-refractivity contribution in [3.63, 3.8) is 0 Å². The quantitative estimate of drug-likeness (QED) is 0.662. The number of ether oxygens (including phenoxy) is 1. The van der Waals surface area contributed by atoms with Crippen LogP contribution in [0.2, 0.25) is 0 Å². The maximum Gasteiger partial charge on any atom is 0.132 e. The van der Waals surface area contributed by atoms with Gasteiger partial charge in [0, 0.05) is 19.4 Å². The molecule has 0 atom stereocenters. The number of pyridine rings is 1. The van der Waals surface area contributed by atoms with Crippen molar-refractivity contribution < 1.29 is 9.53 Å². The molecule has 14 heavy (non-hydrogen) atoms. The largest absolute Gasteiger partial charge is 0.381 e. The SMILES string of the molecule is O=CC1(c2ccccn2)CCOCC1. The van der Waals surface area contributed by atoms with Crippen LogP contribution in [0.3, 0.4) is 0 Å². The number of rotatable bonds is 2. The fourth-order valence-corrected chi connectivity index (χ4v) is 1.83. The van der Waals surface area contributed by atoms with Crippen molar-refractivity contribution in [1.29, 1.82) is 0 Å². The third kappa shape index (κ3) is 1.55. The highest BCUT2D eigenvalue weighted by Gasteiger charge is 2.35. The van der Waals surface area contributed by atoms with Gasteiger partial charge in [-0.2, -0.15) is 0 Å². The van der Waals surface area contributed by atoms with E-state index >= 15 is 0 Å². The molecule has 0 saturated carbocycles. The van der Waals surface area contributed by atoms with E-state index in [0.29, 0.717) is 13.2 Å². The first-order valence-corrected chi connectivity index (χ1v) is 4.83. The van der Waals surface area contributed by atoms with E-state index in [9.17, 15) is 4.79 Å². The van der Waals surface area contributed by atoms with E-state index in [2.05, 4.69) is 4.98 Å². The third-order valence-electron chi connectivity index (χ3n) is 2.79. The van der Waals surface area contributed by atoms with Gasteiger partial charge in [-0.05, 0) is 25.0 Å². The molecular weight excluding hydrogens is 178 g/mol. The van der Waals surface area contributed by atoms with Gasteiger partial charge in [-0.15, -0.1) is 0 Å². The number of nitrogens with zero attached hydrogens (tertiary/aromatic N) is 1. The standard InChI is InChI=1S/C11H13NO2/c13-9-11(4-7-14-8-5-11)10-3-1-2-6-12-10/h1-3,6,9H,4-5,7-8H2. The van der Waals surface area contributed by atoms with Gasteiger partial charge in [0.2, 0.25) is 0 Å². The first-order valence-electron chi connectivity index (χ1n) is 4.83. The van der Waals surface area contributed by atoms with Crippen LogP contribution >= 0.6 is 0 Å². The molecule has 0 N–H and O–H groups in total. The molecule has 1 aromatic rings. The highest BCUT2D eigenvalue weighted by molar-refractivity contribution is 5.67. The van der Waals surface area contributed by atoms with Gasteiger partial charge in [0.25, 0.3) is 0 Å². The van der Waals surface area contributed by atoms with Crippen molar-refractivity contribution in [3.8, 4) is 0 Å². The molecule has 74 valence electrons. The summed E-state index contributed by atoms with van der Waals surface area (Å²) in [5, 5.41) is 0. The molecule has 1 saturated heterocycles. The Labute approximate surface area is 83.1 Å². The lowest BCUT2D eigenvalue weighted by molar-refractivity contribution is -0.116. The Balaban J connectivity index is 2.32.